The lowest BCUT2D eigenvalue weighted by atomic mass is 11.6. The fourth-order valence-electron chi connectivity index (χ4n) is 0.112. The smallest absolute Gasteiger partial charge is 0.271 e. The Labute approximate surface area is 47.7 Å². The van der Waals surface area contributed by atoms with Crippen molar-refractivity contribution >= 4 is 18.0 Å². The van der Waals surface area contributed by atoms with Gasteiger partial charge in [0.05, 0.1) is 0 Å². The molecule has 0 bridgehead atoms. The summed E-state index contributed by atoms with van der Waals surface area (Å²) in [6.07, 6.45) is 0. The Hall–Kier alpha value is 0.440. The topological polar surface area (TPSA) is 41.1 Å². The minimum absolute atomic E-state index is 1.53. The summed E-state index contributed by atoms with van der Waals surface area (Å²) in [6, 6.07) is 0. The first-order valence-electron chi connectivity index (χ1n) is 1.80. The SMILES string of the molecule is CNP(=O)(Cl)NC. The van der Waals surface area contributed by atoms with E-state index in [1.807, 2.05) is 0 Å². The summed E-state index contributed by atoms with van der Waals surface area (Å²) in [6.45, 7) is -2.68. The van der Waals surface area contributed by atoms with E-state index >= 15 is 0 Å². The van der Waals surface area contributed by atoms with Crippen LogP contribution >= 0.6 is 18.0 Å². The van der Waals surface area contributed by atoms with Gasteiger partial charge in [0.25, 0.3) is 6.80 Å². The normalized spacial score (nSPS) is 11.9. The number of hydrogen-bond acceptors (Lipinski definition) is 1. The van der Waals surface area contributed by atoms with Crippen LogP contribution in [0, 0.1) is 0 Å². The lowest BCUT2D eigenvalue weighted by molar-refractivity contribution is 0.573. The first kappa shape index (κ1) is 7.44. The molecule has 0 radical (unpaired) electrons. The largest absolute Gasteiger partial charge is 0.298 e. The quantitative estimate of drug-likeness (QED) is 0.560. The molecule has 0 aliphatic carbocycles. The van der Waals surface area contributed by atoms with E-state index in [0.29, 0.717) is 0 Å². The molecule has 44 valence electrons. The van der Waals surface area contributed by atoms with Crippen molar-refractivity contribution in [2.45, 2.75) is 0 Å². The van der Waals surface area contributed by atoms with Crippen molar-refractivity contribution < 1.29 is 4.57 Å². The third kappa shape index (κ3) is 3.06. The molecule has 5 heteroatoms. The third-order valence-electron chi connectivity index (χ3n) is 0.575. The number of nitrogens with one attached hydrogen (secondary N) is 2. The molecule has 0 aromatic heterocycles. The van der Waals surface area contributed by atoms with Crippen LogP contribution < -0.4 is 10.2 Å². The van der Waals surface area contributed by atoms with Crippen LogP contribution in [-0.2, 0) is 4.57 Å². The summed E-state index contributed by atoms with van der Waals surface area (Å²) in [7, 11) is 3.06. The van der Waals surface area contributed by atoms with Gasteiger partial charge in [-0.15, -0.1) is 0 Å². The van der Waals surface area contributed by atoms with Crippen LogP contribution in [0.25, 0.3) is 0 Å². The summed E-state index contributed by atoms with van der Waals surface area (Å²) < 4.78 is 10.5. The number of halogens is 1. The van der Waals surface area contributed by atoms with E-state index in [0.717, 1.165) is 0 Å². The van der Waals surface area contributed by atoms with Crippen LogP contribution in [0.15, 0.2) is 0 Å². The molecule has 0 saturated heterocycles. The van der Waals surface area contributed by atoms with E-state index in [2.05, 4.69) is 10.2 Å². The molecule has 0 heterocycles. The maximum atomic E-state index is 10.5. The molecule has 0 aromatic carbocycles. The van der Waals surface area contributed by atoms with E-state index in [1.165, 1.54) is 14.1 Å². The summed E-state index contributed by atoms with van der Waals surface area (Å²) in [4.78, 5) is 0. The van der Waals surface area contributed by atoms with Crippen molar-refractivity contribution in [3.05, 3.63) is 0 Å². The molecular weight excluding hydrogens is 134 g/mol. The molecule has 0 spiro atoms. The lowest BCUT2D eigenvalue weighted by Gasteiger charge is -2.03. The third-order valence-corrected chi connectivity index (χ3v) is 2.74. The molecule has 0 aliphatic rings. The van der Waals surface area contributed by atoms with Gasteiger partial charge in [-0.05, 0) is 25.3 Å². The van der Waals surface area contributed by atoms with Crippen LogP contribution in [0.1, 0.15) is 0 Å². The van der Waals surface area contributed by atoms with Crippen LogP contribution in [0.5, 0.6) is 0 Å². The fourth-order valence-corrected chi connectivity index (χ4v) is 0.335. The predicted octanol–water partition coefficient (Wildman–Crippen LogP) is 0.772. The number of rotatable bonds is 2. The Morgan fingerprint density at radius 2 is 1.71 bits per heavy atom. The zero-order chi connectivity index (χ0) is 5.91. The van der Waals surface area contributed by atoms with Crippen molar-refractivity contribution in [2.75, 3.05) is 14.1 Å². The second-order valence-electron chi connectivity index (χ2n) is 0.980. The van der Waals surface area contributed by atoms with Gasteiger partial charge in [0.1, 0.15) is 0 Å². The van der Waals surface area contributed by atoms with E-state index in [4.69, 9.17) is 11.2 Å². The average molecular weight is 143 g/mol. The molecule has 0 aliphatic heterocycles. The Morgan fingerprint density at radius 1 is 1.43 bits per heavy atom. The second kappa shape index (κ2) is 2.68. The summed E-state index contributed by atoms with van der Waals surface area (Å²) in [5.74, 6) is 0. The highest BCUT2D eigenvalue weighted by Crippen LogP contribution is 2.39. The van der Waals surface area contributed by atoms with Crippen LogP contribution in [-0.4, -0.2) is 14.1 Å². The fraction of sp³-hybridized carbons (Fsp3) is 1.00. The molecule has 0 unspecified atom stereocenters. The van der Waals surface area contributed by atoms with Gasteiger partial charge >= 0.3 is 0 Å². The molecule has 0 saturated carbocycles. The highest BCUT2D eigenvalue weighted by molar-refractivity contribution is 7.85. The van der Waals surface area contributed by atoms with Gasteiger partial charge in [0, 0.05) is 0 Å². The maximum absolute atomic E-state index is 10.5. The molecule has 0 atom stereocenters. The van der Waals surface area contributed by atoms with Crippen LogP contribution in [0.2, 0.25) is 0 Å². The second-order valence-corrected chi connectivity index (χ2v) is 4.37. The predicted molar refractivity (Wildman–Crippen MR) is 31.6 cm³/mol. The van der Waals surface area contributed by atoms with Crippen molar-refractivity contribution in [3.8, 4) is 0 Å². The monoisotopic (exact) mass is 142 g/mol. The Balaban J connectivity index is 3.61. The highest BCUT2D eigenvalue weighted by atomic mass is 35.7. The first-order valence-corrected chi connectivity index (χ1v) is 4.41. The van der Waals surface area contributed by atoms with Crippen LogP contribution in [0.3, 0.4) is 0 Å². The van der Waals surface area contributed by atoms with Crippen molar-refractivity contribution in [1.29, 1.82) is 0 Å². The zero-order valence-corrected chi connectivity index (χ0v) is 5.88. The van der Waals surface area contributed by atoms with Crippen molar-refractivity contribution in [1.82, 2.24) is 10.2 Å². The molecule has 3 nitrogen and oxygen atoms in total. The average Bonchev–Trinajstić information content (AvgIpc) is 1.68. The Kier molecular flexibility index (Phi) is 2.84. The molecular formula is C2H8ClN2OP. The van der Waals surface area contributed by atoms with E-state index in [9.17, 15) is 4.57 Å². The molecule has 0 rings (SSSR count). The van der Waals surface area contributed by atoms with E-state index in [-0.39, 0.29) is 0 Å². The molecule has 0 aromatic rings. The van der Waals surface area contributed by atoms with Gasteiger partial charge < -0.3 is 0 Å². The summed E-state index contributed by atoms with van der Waals surface area (Å²) in [5.41, 5.74) is 0. The van der Waals surface area contributed by atoms with Crippen molar-refractivity contribution in [3.63, 3.8) is 0 Å². The Morgan fingerprint density at radius 3 is 1.71 bits per heavy atom. The van der Waals surface area contributed by atoms with E-state index < -0.39 is 6.80 Å². The first-order chi connectivity index (χ1) is 3.12. The zero-order valence-electron chi connectivity index (χ0n) is 4.23. The van der Waals surface area contributed by atoms with Gasteiger partial charge in [-0.1, -0.05) is 0 Å². The van der Waals surface area contributed by atoms with Gasteiger partial charge in [-0.2, -0.15) is 0 Å². The minimum Gasteiger partial charge on any atom is -0.271 e. The lowest BCUT2D eigenvalue weighted by Crippen LogP contribution is -2.09. The number of hydrogen-bond donors (Lipinski definition) is 2. The van der Waals surface area contributed by atoms with Gasteiger partial charge in [0.15, 0.2) is 0 Å². The standard InChI is InChI=1S/C2H8ClN2OP/c1-4-7(3,6)5-2/h1-2H3,(H2,4,5,6). The molecule has 2 N–H and O–H groups in total. The molecule has 0 amide bonds. The minimum atomic E-state index is -2.68. The van der Waals surface area contributed by atoms with Gasteiger partial charge in [0.2, 0.25) is 0 Å². The summed E-state index contributed by atoms with van der Waals surface area (Å²) >= 11 is 5.24. The van der Waals surface area contributed by atoms with Gasteiger partial charge in [-0.25, -0.2) is 10.2 Å². The van der Waals surface area contributed by atoms with E-state index in [1.54, 1.807) is 0 Å². The van der Waals surface area contributed by atoms with Gasteiger partial charge in [-0.3, -0.25) is 4.57 Å². The van der Waals surface area contributed by atoms with Crippen molar-refractivity contribution in [2.24, 2.45) is 0 Å². The van der Waals surface area contributed by atoms with Crippen LogP contribution in [0.4, 0.5) is 0 Å². The summed E-state index contributed by atoms with van der Waals surface area (Å²) in [5, 5.41) is 4.80. The Bertz CT molecular complexity index is 87.7. The maximum Gasteiger partial charge on any atom is 0.298 e. The molecule has 7 heavy (non-hydrogen) atoms. The molecule has 0 fully saturated rings. The highest BCUT2D eigenvalue weighted by Gasteiger charge is 2.08.